The molecule has 0 heterocycles. The van der Waals surface area contributed by atoms with Gasteiger partial charge in [-0.1, -0.05) is 45.2 Å². The van der Waals surface area contributed by atoms with Crippen LogP contribution in [0, 0.1) is 5.92 Å². The summed E-state index contributed by atoms with van der Waals surface area (Å²) in [6.45, 7) is 2.16. The van der Waals surface area contributed by atoms with E-state index in [-0.39, 0.29) is 5.91 Å². The highest BCUT2D eigenvalue weighted by atomic mass is 79.9. The molecule has 0 aromatic heterocycles. The van der Waals surface area contributed by atoms with E-state index in [1.54, 1.807) is 0 Å². The third-order valence-corrected chi connectivity index (χ3v) is 3.80. The predicted octanol–water partition coefficient (Wildman–Crippen LogP) is 3.74. The molecule has 2 unspecified atom stereocenters. The fourth-order valence-corrected chi connectivity index (χ4v) is 3.11. The van der Waals surface area contributed by atoms with E-state index in [2.05, 4.69) is 44.1 Å². The lowest BCUT2D eigenvalue weighted by Gasteiger charge is -2.05. The van der Waals surface area contributed by atoms with E-state index in [1.807, 2.05) is 18.2 Å². The van der Waals surface area contributed by atoms with Crippen LogP contribution < -0.4 is 5.32 Å². The molecule has 1 N–H and O–H groups in total. The molecule has 1 amide bonds. The molecule has 0 radical (unpaired) electrons. The van der Waals surface area contributed by atoms with Gasteiger partial charge >= 0.3 is 0 Å². The van der Waals surface area contributed by atoms with Crippen LogP contribution in [0.2, 0.25) is 0 Å². The lowest BCUT2D eigenvalue weighted by molar-refractivity contribution is 0.0949. The molecule has 86 valence electrons. The maximum Gasteiger partial charge on any atom is 0.251 e. The van der Waals surface area contributed by atoms with E-state index < -0.39 is 0 Å². The number of rotatable bonds is 3. The van der Waals surface area contributed by atoms with Gasteiger partial charge in [-0.15, -0.1) is 0 Å². The average molecular weight is 347 g/mol. The largest absolute Gasteiger partial charge is 0.349 e. The van der Waals surface area contributed by atoms with Crippen LogP contribution in [0.3, 0.4) is 0 Å². The minimum absolute atomic E-state index is 0.0166. The molecule has 0 saturated heterocycles. The van der Waals surface area contributed by atoms with Crippen molar-refractivity contribution in [2.75, 3.05) is 0 Å². The highest BCUT2D eigenvalue weighted by Crippen LogP contribution is 2.33. The van der Waals surface area contributed by atoms with Crippen molar-refractivity contribution < 1.29 is 4.79 Å². The van der Waals surface area contributed by atoms with E-state index in [1.165, 1.54) is 0 Å². The smallest absolute Gasteiger partial charge is 0.251 e. The van der Waals surface area contributed by atoms with Crippen molar-refractivity contribution in [2.45, 2.75) is 25.8 Å². The van der Waals surface area contributed by atoms with Crippen LogP contribution in [0.15, 0.2) is 27.1 Å². The molecule has 1 aliphatic rings. The van der Waals surface area contributed by atoms with Gasteiger partial charge in [-0.3, -0.25) is 4.79 Å². The Balaban J connectivity index is 2.04. The number of amides is 1. The van der Waals surface area contributed by atoms with Gasteiger partial charge in [0.2, 0.25) is 0 Å². The van der Waals surface area contributed by atoms with Gasteiger partial charge < -0.3 is 5.32 Å². The fraction of sp³-hybridized carbons (Fsp3) is 0.417. The van der Waals surface area contributed by atoms with Crippen LogP contribution in [0.25, 0.3) is 0 Å². The summed E-state index contributed by atoms with van der Waals surface area (Å²) in [5.74, 6) is 0.697. The van der Waals surface area contributed by atoms with E-state index in [0.29, 0.717) is 17.5 Å². The first-order chi connectivity index (χ1) is 7.60. The third-order valence-electron chi connectivity index (χ3n) is 2.89. The van der Waals surface area contributed by atoms with E-state index in [0.717, 1.165) is 21.8 Å². The normalized spacial score (nSPS) is 22.9. The summed E-state index contributed by atoms with van der Waals surface area (Å²) in [7, 11) is 0. The highest BCUT2D eigenvalue weighted by Gasteiger charge is 2.36. The maximum absolute atomic E-state index is 11.9. The van der Waals surface area contributed by atoms with Crippen LogP contribution in [-0.2, 0) is 0 Å². The van der Waals surface area contributed by atoms with Crippen molar-refractivity contribution in [3.8, 4) is 0 Å². The molecule has 2 rings (SSSR count). The Hall–Kier alpha value is -0.350. The molecule has 1 aromatic rings. The number of halogens is 2. The zero-order chi connectivity index (χ0) is 11.7. The van der Waals surface area contributed by atoms with Crippen molar-refractivity contribution in [3.63, 3.8) is 0 Å². The van der Waals surface area contributed by atoms with Crippen LogP contribution in [0.1, 0.15) is 30.1 Å². The Kier molecular flexibility index (Phi) is 3.70. The van der Waals surface area contributed by atoms with Gasteiger partial charge in [0.05, 0.1) is 0 Å². The first-order valence-corrected chi connectivity index (χ1v) is 6.95. The molecule has 2 nitrogen and oxygen atoms in total. The number of benzene rings is 1. The standard InChI is InChI=1S/C12H13Br2NO/c1-2-7-5-11(7)15-12(16)8-3-9(13)6-10(14)4-8/h3-4,6-7,11H,2,5H2,1H3,(H,15,16). The van der Waals surface area contributed by atoms with Crippen LogP contribution in [-0.4, -0.2) is 11.9 Å². The van der Waals surface area contributed by atoms with E-state index >= 15 is 0 Å². The van der Waals surface area contributed by atoms with Gasteiger partial charge in [0.1, 0.15) is 0 Å². The van der Waals surface area contributed by atoms with Crippen molar-refractivity contribution in [2.24, 2.45) is 5.92 Å². The Morgan fingerprint density at radius 3 is 2.50 bits per heavy atom. The number of hydrogen-bond acceptors (Lipinski definition) is 1. The number of nitrogens with one attached hydrogen (secondary N) is 1. The maximum atomic E-state index is 11.9. The molecule has 0 aliphatic heterocycles. The van der Waals surface area contributed by atoms with Crippen molar-refractivity contribution in [3.05, 3.63) is 32.7 Å². The Morgan fingerprint density at radius 2 is 2.00 bits per heavy atom. The molecule has 1 aromatic carbocycles. The summed E-state index contributed by atoms with van der Waals surface area (Å²) in [6, 6.07) is 5.98. The molecule has 16 heavy (non-hydrogen) atoms. The van der Waals surface area contributed by atoms with Crippen molar-refractivity contribution >= 4 is 37.8 Å². The quantitative estimate of drug-likeness (QED) is 0.887. The minimum atomic E-state index is 0.0166. The SMILES string of the molecule is CCC1CC1NC(=O)c1cc(Br)cc(Br)c1. The van der Waals surface area contributed by atoms with Gasteiger partial charge in [-0.25, -0.2) is 0 Å². The highest BCUT2D eigenvalue weighted by molar-refractivity contribution is 9.11. The summed E-state index contributed by atoms with van der Waals surface area (Å²) in [5.41, 5.74) is 0.697. The second-order valence-corrected chi connectivity index (χ2v) is 5.97. The second-order valence-electron chi connectivity index (χ2n) is 4.14. The van der Waals surface area contributed by atoms with Crippen molar-refractivity contribution in [1.82, 2.24) is 5.32 Å². The summed E-state index contributed by atoms with van der Waals surface area (Å²) in [6.07, 6.45) is 2.27. The van der Waals surface area contributed by atoms with Crippen LogP contribution >= 0.6 is 31.9 Å². The van der Waals surface area contributed by atoms with E-state index in [4.69, 9.17) is 0 Å². The van der Waals surface area contributed by atoms with Crippen LogP contribution in [0.5, 0.6) is 0 Å². The van der Waals surface area contributed by atoms with Gasteiger partial charge in [-0.2, -0.15) is 0 Å². The molecule has 1 aliphatic carbocycles. The molecular formula is C12H13Br2NO. The predicted molar refractivity (Wildman–Crippen MR) is 71.5 cm³/mol. The summed E-state index contributed by atoms with van der Waals surface area (Å²) in [5, 5.41) is 3.04. The Labute approximate surface area is 112 Å². The topological polar surface area (TPSA) is 29.1 Å². The molecule has 1 saturated carbocycles. The number of carbonyl (C=O) groups excluding carboxylic acids is 1. The van der Waals surface area contributed by atoms with Gasteiger partial charge in [-0.05, 0) is 30.5 Å². The Morgan fingerprint density at radius 1 is 1.38 bits per heavy atom. The zero-order valence-electron chi connectivity index (χ0n) is 8.97. The monoisotopic (exact) mass is 345 g/mol. The first-order valence-electron chi connectivity index (χ1n) is 5.37. The summed E-state index contributed by atoms with van der Waals surface area (Å²) >= 11 is 6.76. The lowest BCUT2D eigenvalue weighted by Crippen LogP contribution is -2.26. The summed E-state index contributed by atoms with van der Waals surface area (Å²) < 4.78 is 1.82. The molecule has 0 spiro atoms. The first kappa shape index (κ1) is 12.1. The average Bonchev–Trinajstić information content (AvgIpc) is 2.95. The van der Waals surface area contributed by atoms with E-state index in [9.17, 15) is 4.79 Å². The van der Waals surface area contributed by atoms with Crippen molar-refractivity contribution in [1.29, 1.82) is 0 Å². The molecule has 2 atom stereocenters. The number of hydrogen-bond donors (Lipinski definition) is 1. The zero-order valence-corrected chi connectivity index (χ0v) is 12.1. The summed E-state index contributed by atoms with van der Waals surface area (Å²) in [4.78, 5) is 11.9. The Bertz CT molecular complexity index is 399. The van der Waals surface area contributed by atoms with Crippen LogP contribution in [0.4, 0.5) is 0 Å². The number of carbonyl (C=O) groups is 1. The molecule has 4 heteroatoms. The lowest BCUT2D eigenvalue weighted by atomic mass is 10.2. The van der Waals surface area contributed by atoms with Gasteiger partial charge in [0.25, 0.3) is 5.91 Å². The minimum Gasteiger partial charge on any atom is -0.349 e. The third kappa shape index (κ3) is 2.86. The molecule has 0 bridgehead atoms. The molecule has 1 fully saturated rings. The second kappa shape index (κ2) is 4.88. The molecular weight excluding hydrogens is 334 g/mol. The van der Waals surface area contributed by atoms with Gasteiger partial charge in [0, 0.05) is 20.6 Å². The van der Waals surface area contributed by atoms with Gasteiger partial charge in [0.15, 0.2) is 0 Å². The fourth-order valence-electron chi connectivity index (χ4n) is 1.81.